The van der Waals surface area contributed by atoms with Crippen molar-refractivity contribution >= 4 is 5.91 Å². The minimum Gasteiger partial charge on any atom is -0.493 e. The lowest BCUT2D eigenvalue weighted by atomic mass is 9.86. The highest BCUT2D eigenvalue weighted by atomic mass is 16.5. The van der Waals surface area contributed by atoms with Crippen molar-refractivity contribution in [3.63, 3.8) is 0 Å². The molecule has 0 atom stereocenters. The average molecular weight is 492 g/mol. The van der Waals surface area contributed by atoms with E-state index in [1.807, 2.05) is 24.3 Å². The zero-order chi connectivity index (χ0) is 26.3. The van der Waals surface area contributed by atoms with E-state index < -0.39 is 0 Å². The number of hydrogen-bond acceptors (Lipinski definition) is 5. The van der Waals surface area contributed by atoms with Crippen molar-refractivity contribution in [1.29, 1.82) is 0 Å². The summed E-state index contributed by atoms with van der Waals surface area (Å²) in [7, 11) is 6.46. The third kappa shape index (κ3) is 6.30. The molecule has 0 spiro atoms. The molecule has 0 unspecified atom stereocenters. The summed E-state index contributed by atoms with van der Waals surface area (Å²) >= 11 is 0. The number of hydrogen-bond donors (Lipinski definition) is 1. The lowest BCUT2D eigenvalue weighted by Crippen LogP contribution is -2.27. The molecule has 6 heteroatoms. The first-order valence-electron chi connectivity index (χ1n) is 12.0. The van der Waals surface area contributed by atoms with Gasteiger partial charge in [0.05, 0.1) is 34.9 Å². The van der Waals surface area contributed by atoms with Crippen LogP contribution in [0.1, 0.15) is 37.5 Å². The highest BCUT2D eigenvalue weighted by Gasteiger charge is 2.18. The molecule has 0 saturated carbocycles. The molecule has 3 aromatic rings. The van der Waals surface area contributed by atoms with Crippen molar-refractivity contribution in [2.45, 2.75) is 39.0 Å². The number of methoxy groups -OCH3 is 4. The molecule has 3 aromatic carbocycles. The molecular formula is C30H37NO5. The third-order valence-corrected chi connectivity index (χ3v) is 6.19. The molecule has 192 valence electrons. The third-order valence-electron chi connectivity index (χ3n) is 6.19. The van der Waals surface area contributed by atoms with Gasteiger partial charge in [0, 0.05) is 12.1 Å². The molecule has 1 N–H and O–H groups in total. The number of amides is 1. The SMILES string of the molecule is COc1ccc(CC(=O)NCCc2ccc(-c3ccc(C(C)(C)C)cc3)c(OC)c2OC)cc1OC. The molecule has 0 radical (unpaired) electrons. The lowest BCUT2D eigenvalue weighted by Gasteiger charge is -2.20. The molecule has 0 fully saturated rings. The smallest absolute Gasteiger partial charge is 0.224 e. The maximum atomic E-state index is 12.5. The number of carbonyl (C=O) groups excluding carboxylic acids is 1. The molecule has 0 aromatic heterocycles. The predicted octanol–water partition coefficient (Wildman–Crippen LogP) is 5.59. The van der Waals surface area contributed by atoms with Crippen molar-refractivity contribution in [3.05, 3.63) is 71.3 Å². The summed E-state index contributed by atoms with van der Waals surface area (Å²) < 4.78 is 22.1. The van der Waals surface area contributed by atoms with E-state index in [2.05, 4.69) is 50.4 Å². The fourth-order valence-electron chi connectivity index (χ4n) is 4.18. The molecule has 0 heterocycles. The van der Waals surface area contributed by atoms with Crippen LogP contribution in [0, 0.1) is 0 Å². The van der Waals surface area contributed by atoms with Gasteiger partial charge >= 0.3 is 0 Å². The van der Waals surface area contributed by atoms with Crippen LogP contribution in [0.5, 0.6) is 23.0 Å². The standard InChI is InChI=1S/C30H37NO5/c1-30(2,3)23-12-9-21(10-13-23)24-14-11-22(28(35-6)29(24)36-7)16-17-31-27(32)19-20-8-15-25(33-4)26(18-20)34-5/h8-15,18H,16-17,19H2,1-7H3,(H,31,32). The largest absolute Gasteiger partial charge is 0.493 e. The monoisotopic (exact) mass is 491 g/mol. The molecule has 6 nitrogen and oxygen atoms in total. The zero-order valence-electron chi connectivity index (χ0n) is 22.4. The van der Waals surface area contributed by atoms with Crippen molar-refractivity contribution in [1.82, 2.24) is 5.32 Å². The summed E-state index contributed by atoms with van der Waals surface area (Å²) in [6.45, 7) is 7.08. The number of nitrogens with one attached hydrogen (secondary N) is 1. The quantitative estimate of drug-likeness (QED) is 0.401. The zero-order valence-corrected chi connectivity index (χ0v) is 22.4. The van der Waals surface area contributed by atoms with Crippen LogP contribution in [0.15, 0.2) is 54.6 Å². The van der Waals surface area contributed by atoms with E-state index in [-0.39, 0.29) is 17.7 Å². The van der Waals surface area contributed by atoms with Crippen LogP contribution in [0.4, 0.5) is 0 Å². The van der Waals surface area contributed by atoms with Crippen molar-refractivity contribution in [3.8, 4) is 34.1 Å². The Labute approximate surface area is 214 Å². The van der Waals surface area contributed by atoms with Gasteiger partial charge in [-0.3, -0.25) is 4.79 Å². The Morgan fingerprint density at radius 1 is 0.778 bits per heavy atom. The van der Waals surface area contributed by atoms with Gasteiger partial charge in [-0.25, -0.2) is 0 Å². The van der Waals surface area contributed by atoms with E-state index in [9.17, 15) is 4.79 Å². The second kappa shape index (κ2) is 11.8. The van der Waals surface area contributed by atoms with E-state index in [1.165, 1.54) is 5.56 Å². The number of carbonyl (C=O) groups is 1. The Morgan fingerprint density at radius 3 is 2.03 bits per heavy atom. The highest BCUT2D eigenvalue weighted by Crippen LogP contribution is 2.41. The van der Waals surface area contributed by atoms with Gasteiger partial charge in [-0.15, -0.1) is 0 Å². The number of rotatable bonds is 10. The van der Waals surface area contributed by atoms with E-state index in [4.69, 9.17) is 18.9 Å². The van der Waals surface area contributed by atoms with Crippen LogP contribution in [0.25, 0.3) is 11.1 Å². The second-order valence-corrected chi connectivity index (χ2v) is 9.63. The van der Waals surface area contributed by atoms with Gasteiger partial charge < -0.3 is 24.3 Å². The van der Waals surface area contributed by atoms with E-state index in [0.717, 1.165) is 22.3 Å². The maximum absolute atomic E-state index is 12.5. The summed E-state index contributed by atoms with van der Waals surface area (Å²) in [5.74, 6) is 2.55. The fraction of sp³-hybridized carbons (Fsp3) is 0.367. The van der Waals surface area contributed by atoms with Crippen LogP contribution >= 0.6 is 0 Å². The first-order chi connectivity index (χ1) is 17.2. The summed E-state index contributed by atoms with van der Waals surface area (Å²) in [4.78, 5) is 12.5. The number of benzene rings is 3. The second-order valence-electron chi connectivity index (χ2n) is 9.63. The minimum atomic E-state index is -0.0660. The van der Waals surface area contributed by atoms with Crippen LogP contribution < -0.4 is 24.3 Å². The van der Waals surface area contributed by atoms with Gasteiger partial charge in [-0.2, -0.15) is 0 Å². The van der Waals surface area contributed by atoms with E-state index >= 15 is 0 Å². The molecule has 0 aliphatic carbocycles. The fourth-order valence-corrected chi connectivity index (χ4v) is 4.18. The molecule has 3 rings (SSSR count). The van der Waals surface area contributed by atoms with Crippen LogP contribution in [0.2, 0.25) is 0 Å². The Balaban J connectivity index is 1.70. The van der Waals surface area contributed by atoms with Crippen LogP contribution in [0.3, 0.4) is 0 Å². The Bertz CT molecular complexity index is 1180. The summed E-state index contributed by atoms with van der Waals surface area (Å²) in [6, 6.07) is 18.1. The molecule has 1 amide bonds. The lowest BCUT2D eigenvalue weighted by molar-refractivity contribution is -0.120. The van der Waals surface area contributed by atoms with Gasteiger partial charge in [0.1, 0.15) is 0 Å². The molecule has 0 bridgehead atoms. The summed E-state index contributed by atoms with van der Waals surface area (Å²) in [6.07, 6.45) is 0.866. The molecule has 0 aliphatic rings. The van der Waals surface area contributed by atoms with Gasteiger partial charge in [0.25, 0.3) is 0 Å². The summed E-state index contributed by atoms with van der Waals surface area (Å²) in [5, 5.41) is 2.99. The molecule has 36 heavy (non-hydrogen) atoms. The normalized spacial score (nSPS) is 11.1. The Hall–Kier alpha value is -3.67. The van der Waals surface area contributed by atoms with Crippen molar-refractivity contribution in [2.75, 3.05) is 35.0 Å². The Morgan fingerprint density at radius 2 is 1.44 bits per heavy atom. The first kappa shape index (κ1) is 26.9. The van der Waals surface area contributed by atoms with Crippen LogP contribution in [-0.4, -0.2) is 40.9 Å². The molecular weight excluding hydrogens is 454 g/mol. The van der Waals surface area contributed by atoms with Gasteiger partial charge in [0.15, 0.2) is 23.0 Å². The maximum Gasteiger partial charge on any atom is 0.224 e. The van der Waals surface area contributed by atoms with E-state index in [1.54, 1.807) is 34.5 Å². The van der Waals surface area contributed by atoms with Gasteiger partial charge in [-0.05, 0) is 46.2 Å². The first-order valence-corrected chi connectivity index (χ1v) is 12.0. The topological polar surface area (TPSA) is 66.0 Å². The van der Waals surface area contributed by atoms with Gasteiger partial charge in [0.2, 0.25) is 5.91 Å². The summed E-state index contributed by atoms with van der Waals surface area (Å²) in [5.41, 5.74) is 5.22. The highest BCUT2D eigenvalue weighted by molar-refractivity contribution is 5.79. The molecule has 0 saturated heterocycles. The van der Waals surface area contributed by atoms with E-state index in [0.29, 0.717) is 36.0 Å². The van der Waals surface area contributed by atoms with Crippen LogP contribution in [-0.2, 0) is 23.1 Å². The minimum absolute atomic E-state index is 0.0660. The van der Waals surface area contributed by atoms with Crippen molar-refractivity contribution in [2.24, 2.45) is 0 Å². The predicted molar refractivity (Wildman–Crippen MR) is 144 cm³/mol. The Kier molecular flexibility index (Phi) is 8.86. The molecule has 0 aliphatic heterocycles. The number of ether oxygens (including phenoxy) is 4. The van der Waals surface area contributed by atoms with Gasteiger partial charge in [-0.1, -0.05) is 63.2 Å². The van der Waals surface area contributed by atoms with Crippen molar-refractivity contribution < 1.29 is 23.7 Å². The average Bonchev–Trinajstić information content (AvgIpc) is 2.87.